The summed E-state index contributed by atoms with van der Waals surface area (Å²) in [4.78, 5) is 12.8. The average molecular weight is 435 g/mol. The third-order valence-corrected chi connectivity index (χ3v) is 6.81. The highest BCUT2D eigenvalue weighted by atomic mass is 35.5. The number of hydrogen-bond acceptors (Lipinski definition) is 5. The minimum atomic E-state index is -3.64. The second kappa shape index (κ2) is 8.16. The summed E-state index contributed by atoms with van der Waals surface area (Å²) in [5.41, 5.74) is 1.53. The van der Waals surface area contributed by atoms with E-state index in [9.17, 15) is 13.2 Å². The summed E-state index contributed by atoms with van der Waals surface area (Å²) in [5.74, 6) is 0.293. The number of halogens is 1. The van der Waals surface area contributed by atoms with Crippen molar-refractivity contribution in [2.24, 2.45) is 0 Å². The number of anilines is 1. The summed E-state index contributed by atoms with van der Waals surface area (Å²) in [6.07, 6.45) is 1.72. The van der Waals surface area contributed by atoms with Gasteiger partial charge in [0, 0.05) is 29.4 Å². The lowest BCUT2D eigenvalue weighted by molar-refractivity contribution is -0.113. The van der Waals surface area contributed by atoms with Crippen LogP contribution in [0.15, 0.2) is 52.9 Å². The van der Waals surface area contributed by atoms with E-state index in [1.807, 2.05) is 0 Å². The second-order valence-corrected chi connectivity index (χ2v) is 9.01. The number of fused-ring (bicyclic) bond motifs is 1. The number of nitrogens with zero attached hydrogens (tertiary/aromatic N) is 1. The number of carbonyl (C=O) groups excluding carboxylic acids is 1. The van der Waals surface area contributed by atoms with E-state index in [-0.39, 0.29) is 17.4 Å². The van der Waals surface area contributed by atoms with Gasteiger partial charge >= 0.3 is 0 Å². The molecule has 0 aliphatic carbocycles. The van der Waals surface area contributed by atoms with Gasteiger partial charge in [-0.3, -0.25) is 4.79 Å². The van der Waals surface area contributed by atoms with Gasteiger partial charge in [0.1, 0.15) is 12.4 Å². The normalized spacial score (nSPS) is 17.1. The summed E-state index contributed by atoms with van der Waals surface area (Å²) < 4.78 is 37.8. The number of ether oxygens (including phenoxy) is 2. The topological polar surface area (TPSA) is 84.9 Å². The van der Waals surface area contributed by atoms with Gasteiger partial charge in [-0.25, -0.2) is 8.42 Å². The van der Waals surface area contributed by atoms with Gasteiger partial charge in [0.2, 0.25) is 10.0 Å². The molecule has 4 rings (SSSR count). The van der Waals surface area contributed by atoms with Crippen molar-refractivity contribution in [3.63, 3.8) is 0 Å². The molecule has 0 unspecified atom stereocenters. The summed E-state index contributed by atoms with van der Waals surface area (Å²) in [6, 6.07) is 11.4. The van der Waals surface area contributed by atoms with E-state index in [1.54, 1.807) is 36.4 Å². The van der Waals surface area contributed by atoms with Gasteiger partial charge < -0.3 is 14.8 Å². The molecule has 2 aromatic rings. The molecule has 7 nitrogen and oxygen atoms in total. The molecule has 2 aromatic carbocycles. The molecular weight excluding hydrogens is 416 g/mol. The van der Waals surface area contributed by atoms with E-state index in [2.05, 4.69) is 5.32 Å². The largest absolute Gasteiger partial charge is 0.488 e. The van der Waals surface area contributed by atoms with Crippen molar-refractivity contribution < 1.29 is 22.7 Å². The number of amides is 1. The molecule has 152 valence electrons. The van der Waals surface area contributed by atoms with Crippen molar-refractivity contribution >= 4 is 39.3 Å². The van der Waals surface area contributed by atoms with Crippen molar-refractivity contribution in [3.8, 4) is 5.75 Å². The van der Waals surface area contributed by atoms with Crippen molar-refractivity contribution in [1.82, 2.24) is 4.31 Å². The van der Waals surface area contributed by atoms with E-state index in [1.165, 1.54) is 16.4 Å². The van der Waals surface area contributed by atoms with Crippen LogP contribution < -0.4 is 10.1 Å². The molecular formula is C20H19ClN2O5S. The van der Waals surface area contributed by atoms with Gasteiger partial charge in [-0.1, -0.05) is 17.7 Å². The summed E-state index contributed by atoms with van der Waals surface area (Å²) in [6.45, 7) is 1.48. The van der Waals surface area contributed by atoms with Gasteiger partial charge in [0.25, 0.3) is 5.91 Å². The Balaban J connectivity index is 1.53. The number of rotatable bonds is 4. The highest BCUT2D eigenvalue weighted by Gasteiger charge is 2.26. The Morgan fingerprint density at radius 3 is 2.69 bits per heavy atom. The van der Waals surface area contributed by atoms with Gasteiger partial charge in [0.15, 0.2) is 0 Å². The Kier molecular flexibility index (Phi) is 5.60. The molecule has 2 aliphatic heterocycles. The molecule has 1 fully saturated rings. The molecule has 2 aliphatic rings. The Bertz CT molecular complexity index is 1080. The highest BCUT2D eigenvalue weighted by Crippen LogP contribution is 2.29. The van der Waals surface area contributed by atoms with Gasteiger partial charge in [-0.05, 0) is 42.5 Å². The molecule has 0 saturated carbocycles. The minimum Gasteiger partial charge on any atom is -0.488 e. The third-order valence-electron chi connectivity index (χ3n) is 4.68. The van der Waals surface area contributed by atoms with Crippen LogP contribution >= 0.6 is 11.6 Å². The molecule has 9 heteroatoms. The number of morpholine rings is 1. The van der Waals surface area contributed by atoms with Gasteiger partial charge in [-0.2, -0.15) is 4.31 Å². The molecule has 0 atom stereocenters. The van der Waals surface area contributed by atoms with E-state index in [4.69, 9.17) is 21.1 Å². The van der Waals surface area contributed by atoms with Crippen molar-refractivity contribution in [3.05, 3.63) is 58.6 Å². The smallest absolute Gasteiger partial charge is 0.255 e. The summed E-state index contributed by atoms with van der Waals surface area (Å²) in [5, 5.41) is 3.29. The predicted molar refractivity (Wildman–Crippen MR) is 110 cm³/mol. The van der Waals surface area contributed by atoms with Crippen LogP contribution in [0.1, 0.15) is 5.56 Å². The van der Waals surface area contributed by atoms with E-state index in [0.29, 0.717) is 48.3 Å². The molecule has 29 heavy (non-hydrogen) atoms. The lowest BCUT2D eigenvalue weighted by atomic mass is 10.1. The fourth-order valence-corrected chi connectivity index (χ4v) is 4.80. The van der Waals surface area contributed by atoms with Crippen molar-refractivity contribution in [2.45, 2.75) is 4.90 Å². The van der Waals surface area contributed by atoms with Crippen LogP contribution in [0.5, 0.6) is 5.75 Å². The predicted octanol–water partition coefficient (Wildman–Crippen LogP) is 2.78. The standard InChI is InChI=1S/C20H19ClN2O5S/c21-16-4-5-19-14(11-16)10-15(13-28-19)20(24)22-17-2-1-3-18(12-17)29(25,26)23-6-8-27-9-7-23/h1-5,10-12H,6-9,13H2,(H,22,24). The molecule has 1 amide bonds. The molecule has 1 N–H and O–H groups in total. The Hall–Kier alpha value is -2.39. The van der Waals surface area contributed by atoms with Crippen LogP contribution in [0, 0.1) is 0 Å². The van der Waals surface area contributed by atoms with Crippen LogP contribution in [0.4, 0.5) is 5.69 Å². The number of hydrogen-bond donors (Lipinski definition) is 1. The number of benzene rings is 2. The average Bonchev–Trinajstić information content (AvgIpc) is 2.74. The zero-order chi connectivity index (χ0) is 20.4. The first-order chi connectivity index (χ1) is 13.9. The third kappa shape index (κ3) is 4.30. The quantitative estimate of drug-likeness (QED) is 0.799. The second-order valence-electron chi connectivity index (χ2n) is 6.64. The number of nitrogens with one attached hydrogen (secondary N) is 1. The lowest BCUT2D eigenvalue weighted by Crippen LogP contribution is -2.40. The fourth-order valence-electron chi connectivity index (χ4n) is 3.16. The van der Waals surface area contributed by atoms with Crippen LogP contribution in [0.3, 0.4) is 0 Å². The van der Waals surface area contributed by atoms with Crippen LogP contribution in [0.2, 0.25) is 5.02 Å². The van der Waals surface area contributed by atoms with Crippen molar-refractivity contribution in [1.29, 1.82) is 0 Å². The zero-order valence-electron chi connectivity index (χ0n) is 15.4. The summed E-state index contributed by atoms with van der Waals surface area (Å²) in [7, 11) is -3.64. The zero-order valence-corrected chi connectivity index (χ0v) is 17.0. The monoisotopic (exact) mass is 434 g/mol. The molecule has 1 saturated heterocycles. The first kappa shape index (κ1) is 19.9. The van der Waals surface area contributed by atoms with Crippen LogP contribution in [-0.4, -0.2) is 51.5 Å². The van der Waals surface area contributed by atoms with Crippen LogP contribution in [-0.2, 0) is 19.6 Å². The van der Waals surface area contributed by atoms with Gasteiger partial charge in [0.05, 0.1) is 23.7 Å². The van der Waals surface area contributed by atoms with E-state index >= 15 is 0 Å². The lowest BCUT2D eigenvalue weighted by Gasteiger charge is -2.26. The number of sulfonamides is 1. The Morgan fingerprint density at radius 1 is 1.10 bits per heavy atom. The molecule has 0 bridgehead atoms. The number of carbonyl (C=O) groups is 1. The maximum atomic E-state index is 12.8. The molecule has 2 heterocycles. The maximum Gasteiger partial charge on any atom is 0.255 e. The molecule has 0 radical (unpaired) electrons. The van der Waals surface area contributed by atoms with Gasteiger partial charge in [-0.15, -0.1) is 0 Å². The first-order valence-electron chi connectivity index (χ1n) is 9.06. The SMILES string of the molecule is O=C(Nc1cccc(S(=O)(=O)N2CCOCC2)c1)C1=Cc2cc(Cl)ccc2OC1. The Labute approximate surface area is 173 Å². The van der Waals surface area contributed by atoms with Crippen LogP contribution in [0.25, 0.3) is 6.08 Å². The van der Waals surface area contributed by atoms with Crippen molar-refractivity contribution in [2.75, 3.05) is 38.2 Å². The van der Waals surface area contributed by atoms with E-state index in [0.717, 1.165) is 5.56 Å². The maximum absolute atomic E-state index is 12.8. The minimum absolute atomic E-state index is 0.117. The molecule has 0 spiro atoms. The fraction of sp³-hybridized carbons (Fsp3) is 0.250. The first-order valence-corrected chi connectivity index (χ1v) is 10.9. The Morgan fingerprint density at radius 2 is 1.90 bits per heavy atom. The summed E-state index contributed by atoms with van der Waals surface area (Å²) >= 11 is 6.00. The highest BCUT2D eigenvalue weighted by molar-refractivity contribution is 7.89. The molecule has 0 aromatic heterocycles. The van der Waals surface area contributed by atoms with E-state index < -0.39 is 10.0 Å².